The van der Waals surface area contributed by atoms with Gasteiger partial charge in [-0.25, -0.2) is 8.78 Å². The van der Waals surface area contributed by atoms with Gasteiger partial charge in [0.1, 0.15) is 0 Å². The van der Waals surface area contributed by atoms with Crippen molar-refractivity contribution >= 4 is 11.0 Å². The number of halogens is 2. The molecule has 2 aromatic rings. The van der Waals surface area contributed by atoms with Crippen LogP contribution in [0.25, 0.3) is 11.0 Å². The maximum Gasteiger partial charge on any atom is 0.270 e. The summed E-state index contributed by atoms with van der Waals surface area (Å²) in [6.45, 7) is 0.852. The topological polar surface area (TPSA) is 26.0 Å². The molecule has 0 aliphatic rings. The first-order valence-electron chi connectivity index (χ1n) is 3.80. The second-order valence-electron chi connectivity index (χ2n) is 2.97. The molecule has 13 heavy (non-hydrogen) atoms. The predicted molar refractivity (Wildman–Crippen MR) is 43.6 cm³/mol. The lowest BCUT2D eigenvalue weighted by atomic mass is 10.1. The highest BCUT2D eigenvalue weighted by molar-refractivity contribution is 5.76. The van der Waals surface area contributed by atoms with Gasteiger partial charge < -0.3 is 4.52 Å². The minimum atomic E-state index is -2.83. The molecule has 0 unspecified atom stereocenters. The standard InChI is InChI=1S/C9H7F2NO/c1-9(10,11)7-3-2-6-5-12-13-8(6)4-7/h2-5H,1H3. The Bertz CT molecular complexity index is 430. The lowest BCUT2D eigenvalue weighted by molar-refractivity contribution is 0.0175. The van der Waals surface area contributed by atoms with Gasteiger partial charge >= 0.3 is 0 Å². The van der Waals surface area contributed by atoms with Gasteiger partial charge in [0.2, 0.25) is 0 Å². The van der Waals surface area contributed by atoms with Crippen LogP contribution in [0.15, 0.2) is 28.9 Å². The lowest BCUT2D eigenvalue weighted by Gasteiger charge is -2.08. The SMILES string of the molecule is CC(F)(F)c1ccc2cnoc2c1. The molecule has 0 saturated heterocycles. The van der Waals surface area contributed by atoms with Gasteiger partial charge in [-0.1, -0.05) is 11.2 Å². The second kappa shape index (κ2) is 2.52. The molecule has 2 rings (SSSR count). The first kappa shape index (κ1) is 8.16. The third-order valence-electron chi connectivity index (χ3n) is 1.86. The molecule has 1 aromatic carbocycles. The average Bonchev–Trinajstić information content (AvgIpc) is 2.47. The summed E-state index contributed by atoms with van der Waals surface area (Å²) in [4.78, 5) is 0. The molecule has 1 aromatic heterocycles. The first-order valence-corrected chi connectivity index (χ1v) is 3.80. The number of hydrogen-bond donors (Lipinski definition) is 0. The van der Waals surface area contributed by atoms with Crippen LogP contribution in [0, 0.1) is 0 Å². The second-order valence-corrected chi connectivity index (χ2v) is 2.97. The minimum absolute atomic E-state index is 0.0586. The van der Waals surface area contributed by atoms with Crippen molar-refractivity contribution in [1.82, 2.24) is 5.16 Å². The van der Waals surface area contributed by atoms with Crippen LogP contribution >= 0.6 is 0 Å². The number of rotatable bonds is 1. The molecule has 0 aliphatic heterocycles. The minimum Gasteiger partial charge on any atom is -0.356 e. The van der Waals surface area contributed by atoms with E-state index in [0.29, 0.717) is 5.58 Å². The molecule has 0 radical (unpaired) electrons. The van der Waals surface area contributed by atoms with Crippen molar-refractivity contribution in [2.75, 3.05) is 0 Å². The van der Waals surface area contributed by atoms with Gasteiger partial charge in [-0.15, -0.1) is 0 Å². The van der Waals surface area contributed by atoms with Gasteiger partial charge in [0.25, 0.3) is 5.92 Å². The number of fused-ring (bicyclic) bond motifs is 1. The largest absolute Gasteiger partial charge is 0.356 e. The van der Waals surface area contributed by atoms with Crippen molar-refractivity contribution < 1.29 is 13.3 Å². The number of aromatic nitrogens is 1. The molecule has 1 heterocycles. The van der Waals surface area contributed by atoms with Crippen LogP contribution in [-0.4, -0.2) is 5.16 Å². The molecule has 0 fully saturated rings. The van der Waals surface area contributed by atoms with Crippen LogP contribution in [0.5, 0.6) is 0 Å². The monoisotopic (exact) mass is 183 g/mol. The normalized spacial score (nSPS) is 12.2. The van der Waals surface area contributed by atoms with E-state index in [4.69, 9.17) is 4.52 Å². The fraction of sp³-hybridized carbons (Fsp3) is 0.222. The molecule has 0 saturated carbocycles. The summed E-state index contributed by atoms with van der Waals surface area (Å²) in [6.07, 6.45) is 1.49. The predicted octanol–water partition coefficient (Wildman–Crippen LogP) is 2.94. The molecule has 0 amide bonds. The fourth-order valence-electron chi connectivity index (χ4n) is 1.13. The quantitative estimate of drug-likeness (QED) is 0.679. The zero-order valence-electron chi connectivity index (χ0n) is 6.92. The van der Waals surface area contributed by atoms with Crippen LogP contribution < -0.4 is 0 Å². The third kappa shape index (κ3) is 1.39. The third-order valence-corrected chi connectivity index (χ3v) is 1.86. The number of benzene rings is 1. The molecule has 0 atom stereocenters. The van der Waals surface area contributed by atoms with Crippen molar-refractivity contribution in [3.8, 4) is 0 Å². The Hall–Kier alpha value is -1.45. The van der Waals surface area contributed by atoms with Crippen LogP contribution in [0.4, 0.5) is 8.78 Å². The summed E-state index contributed by atoms with van der Waals surface area (Å²) in [5.41, 5.74) is 0.329. The fourth-order valence-corrected chi connectivity index (χ4v) is 1.13. The van der Waals surface area contributed by atoms with E-state index in [9.17, 15) is 8.78 Å². The summed E-state index contributed by atoms with van der Waals surface area (Å²) >= 11 is 0. The van der Waals surface area contributed by atoms with E-state index in [2.05, 4.69) is 5.16 Å². The first-order chi connectivity index (χ1) is 6.07. The molecule has 2 nitrogen and oxygen atoms in total. The maximum absolute atomic E-state index is 12.8. The summed E-state index contributed by atoms with van der Waals surface area (Å²) < 4.78 is 30.4. The molecular formula is C9H7F2NO. The zero-order valence-corrected chi connectivity index (χ0v) is 6.92. The smallest absolute Gasteiger partial charge is 0.270 e. The molecular weight excluding hydrogens is 176 g/mol. The maximum atomic E-state index is 12.8. The molecule has 68 valence electrons. The van der Waals surface area contributed by atoms with Crippen LogP contribution in [0.2, 0.25) is 0 Å². The van der Waals surface area contributed by atoms with E-state index >= 15 is 0 Å². The molecule has 0 bridgehead atoms. The van der Waals surface area contributed by atoms with E-state index in [1.54, 1.807) is 6.07 Å². The summed E-state index contributed by atoms with van der Waals surface area (Å²) in [5, 5.41) is 4.23. The van der Waals surface area contributed by atoms with E-state index in [-0.39, 0.29) is 5.56 Å². The van der Waals surface area contributed by atoms with Crippen molar-refractivity contribution in [1.29, 1.82) is 0 Å². The Morgan fingerprint density at radius 3 is 2.85 bits per heavy atom. The average molecular weight is 183 g/mol. The summed E-state index contributed by atoms with van der Waals surface area (Å²) in [6, 6.07) is 4.25. The molecule has 4 heteroatoms. The Kier molecular flexibility index (Phi) is 1.58. The number of alkyl halides is 2. The Labute approximate surface area is 73.1 Å². The van der Waals surface area contributed by atoms with Gasteiger partial charge in [-0.2, -0.15) is 0 Å². The van der Waals surface area contributed by atoms with Crippen molar-refractivity contribution in [3.63, 3.8) is 0 Å². The van der Waals surface area contributed by atoms with E-state index in [1.165, 1.54) is 18.3 Å². The van der Waals surface area contributed by atoms with Crippen molar-refractivity contribution in [2.45, 2.75) is 12.8 Å². The highest BCUT2D eigenvalue weighted by atomic mass is 19.3. The Morgan fingerprint density at radius 2 is 2.15 bits per heavy atom. The van der Waals surface area contributed by atoms with Gasteiger partial charge in [-0.05, 0) is 12.1 Å². The Morgan fingerprint density at radius 1 is 1.38 bits per heavy atom. The Balaban J connectivity index is 2.61. The van der Waals surface area contributed by atoms with Gasteiger partial charge in [0.05, 0.1) is 6.20 Å². The highest BCUT2D eigenvalue weighted by Gasteiger charge is 2.24. The number of hydrogen-bond acceptors (Lipinski definition) is 2. The van der Waals surface area contributed by atoms with E-state index in [0.717, 1.165) is 12.3 Å². The number of nitrogens with zero attached hydrogens (tertiary/aromatic N) is 1. The van der Waals surface area contributed by atoms with Crippen LogP contribution in [0.3, 0.4) is 0 Å². The lowest BCUT2D eigenvalue weighted by Crippen LogP contribution is -2.05. The summed E-state index contributed by atoms with van der Waals surface area (Å²) in [7, 11) is 0. The van der Waals surface area contributed by atoms with Crippen LogP contribution in [0.1, 0.15) is 12.5 Å². The molecule has 0 N–H and O–H groups in total. The van der Waals surface area contributed by atoms with Crippen molar-refractivity contribution in [3.05, 3.63) is 30.0 Å². The summed E-state index contributed by atoms with van der Waals surface area (Å²) in [5.74, 6) is -2.83. The van der Waals surface area contributed by atoms with E-state index in [1.807, 2.05) is 0 Å². The molecule has 0 aliphatic carbocycles. The van der Waals surface area contributed by atoms with E-state index < -0.39 is 5.92 Å². The van der Waals surface area contributed by atoms with Gasteiger partial charge in [-0.3, -0.25) is 0 Å². The van der Waals surface area contributed by atoms with Crippen LogP contribution in [-0.2, 0) is 5.92 Å². The van der Waals surface area contributed by atoms with Crippen molar-refractivity contribution in [2.24, 2.45) is 0 Å². The van der Waals surface area contributed by atoms with Gasteiger partial charge in [0.15, 0.2) is 5.58 Å². The zero-order chi connectivity index (χ0) is 9.47. The molecule has 0 spiro atoms. The van der Waals surface area contributed by atoms with Gasteiger partial charge in [0, 0.05) is 17.9 Å². The highest BCUT2D eigenvalue weighted by Crippen LogP contribution is 2.29.